The van der Waals surface area contributed by atoms with Crippen molar-refractivity contribution in [3.05, 3.63) is 41.7 Å². The zero-order valence-corrected chi connectivity index (χ0v) is 18.4. The number of sulfone groups is 1. The number of rotatable bonds is 8. The van der Waals surface area contributed by atoms with E-state index in [2.05, 4.69) is 14.8 Å². The maximum atomic E-state index is 13.2. The van der Waals surface area contributed by atoms with E-state index in [1.165, 1.54) is 24.6 Å². The minimum Gasteiger partial charge on any atom is -0.334 e. The lowest BCUT2D eigenvalue weighted by atomic mass is 10.1. The molecular weight excluding hydrogens is 420 g/mol. The van der Waals surface area contributed by atoms with Crippen LogP contribution in [-0.4, -0.2) is 57.3 Å². The Bertz CT molecular complexity index is 1030. The molecule has 3 aliphatic rings. The number of hydrogen-bond acceptors (Lipinski definition) is 6. The van der Waals surface area contributed by atoms with Crippen molar-refractivity contribution in [2.45, 2.75) is 61.8 Å². The smallest absolute Gasteiger partial charge is 0.233 e. The monoisotopic (exact) mass is 446 g/mol. The lowest BCUT2D eigenvalue weighted by molar-refractivity contribution is -0.130. The topological polar surface area (TPSA) is 85.2 Å². The highest BCUT2D eigenvalue weighted by Gasteiger charge is 2.37. The van der Waals surface area contributed by atoms with Gasteiger partial charge < -0.3 is 9.47 Å². The number of aromatic nitrogens is 3. The highest BCUT2D eigenvalue weighted by Crippen LogP contribution is 2.46. The standard InChI is InChI=1S/C21H26N4O3S2/c26-19(13-29-21-23-22-20(16-6-7-16)25(21)17-8-9-17)24(12-15-4-2-1-3-5-15)18-10-11-30(27,28)14-18/h1-5,16-18H,6-14H2/t18-/m0/s1. The second kappa shape index (κ2) is 8.00. The second-order valence-corrected chi connectivity index (χ2v) is 11.7. The molecule has 2 aliphatic carbocycles. The molecule has 1 amide bonds. The third kappa shape index (κ3) is 4.42. The lowest BCUT2D eigenvalue weighted by Crippen LogP contribution is -2.41. The van der Waals surface area contributed by atoms with Gasteiger partial charge in [-0.15, -0.1) is 10.2 Å². The molecule has 1 aromatic heterocycles. The number of nitrogens with zero attached hydrogens (tertiary/aromatic N) is 4. The van der Waals surface area contributed by atoms with Crippen LogP contribution in [0.4, 0.5) is 0 Å². The SMILES string of the molecule is O=C(CSc1nnc(C2CC2)n1C1CC1)N(Cc1ccccc1)[C@H]1CCS(=O)(=O)C1. The van der Waals surface area contributed by atoms with Gasteiger partial charge in [0, 0.05) is 24.5 Å². The highest BCUT2D eigenvalue weighted by atomic mass is 32.2. The number of benzene rings is 1. The summed E-state index contributed by atoms with van der Waals surface area (Å²) in [5.74, 6) is 2.03. The van der Waals surface area contributed by atoms with Crippen molar-refractivity contribution in [2.24, 2.45) is 0 Å². The van der Waals surface area contributed by atoms with Gasteiger partial charge in [0.1, 0.15) is 5.82 Å². The van der Waals surface area contributed by atoms with Crippen molar-refractivity contribution in [3.8, 4) is 0 Å². The van der Waals surface area contributed by atoms with Crippen LogP contribution >= 0.6 is 11.8 Å². The van der Waals surface area contributed by atoms with Crippen LogP contribution in [0.3, 0.4) is 0 Å². The minimum absolute atomic E-state index is 0.0377. The van der Waals surface area contributed by atoms with Crippen molar-refractivity contribution < 1.29 is 13.2 Å². The van der Waals surface area contributed by atoms with Gasteiger partial charge in [0.15, 0.2) is 15.0 Å². The summed E-state index contributed by atoms with van der Waals surface area (Å²) < 4.78 is 26.3. The van der Waals surface area contributed by atoms with Crippen LogP contribution < -0.4 is 0 Å². The van der Waals surface area contributed by atoms with Crippen LogP contribution in [0.1, 0.15) is 55.5 Å². The Morgan fingerprint density at radius 2 is 1.87 bits per heavy atom. The molecule has 0 unspecified atom stereocenters. The van der Waals surface area contributed by atoms with Gasteiger partial charge in [-0.2, -0.15) is 0 Å². The molecule has 30 heavy (non-hydrogen) atoms. The van der Waals surface area contributed by atoms with Gasteiger partial charge in [-0.25, -0.2) is 8.42 Å². The molecule has 7 nitrogen and oxygen atoms in total. The van der Waals surface area contributed by atoms with E-state index in [1.807, 2.05) is 30.3 Å². The zero-order valence-electron chi connectivity index (χ0n) is 16.8. The summed E-state index contributed by atoms with van der Waals surface area (Å²) in [5.41, 5.74) is 1.01. The number of carbonyl (C=O) groups excluding carboxylic acids is 1. The molecule has 1 atom stereocenters. The number of thioether (sulfide) groups is 1. The van der Waals surface area contributed by atoms with Gasteiger partial charge >= 0.3 is 0 Å². The molecular formula is C21H26N4O3S2. The van der Waals surface area contributed by atoms with E-state index in [4.69, 9.17) is 0 Å². The highest BCUT2D eigenvalue weighted by molar-refractivity contribution is 7.99. The normalized spacial score (nSPS) is 22.9. The van der Waals surface area contributed by atoms with E-state index in [0.717, 1.165) is 29.4 Å². The summed E-state index contributed by atoms with van der Waals surface area (Å²) in [6.07, 6.45) is 5.17. The maximum absolute atomic E-state index is 13.2. The first-order chi connectivity index (χ1) is 14.5. The maximum Gasteiger partial charge on any atom is 0.233 e. The Balaban J connectivity index is 1.31. The van der Waals surface area contributed by atoms with E-state index >= 15 is 0 Å². The average Bonchev–Trinajstić information content (AvgIpc) is 3.67. The van der Waals surface area contributed by atoms with Gasteiger partial charge in [0.05, 0.1) is 17.3 Å². The summed E-state index contributed by atoms with van der Waals surface area (Å²) in [4.78, 5) is 15.0. The van der Waals surface area contributed by atoms with Gasteiger partial charge in [-0.3, -0.25) is 4.79 Å². The van der Waals surface area contributed by atoms with Crippen molar-refractivity contribution in [3.63, 3.8) is 0 Å². The first-order valence-corrected chi connectivity index (χ1v) is 13.4. The Kier molecular flexibility index (Phi) is 5.35. The predicted molar refractivity (Wildman–Crippen MR) is 115 cm³/mol. The Morgan fingerprint density at radius 3 is 2.50 bits per heavy atom. The molecule has 0 radical (unpaired) electrons. The van der Waals surface area contributed by atoms with Gasteiger partial charge in [0.25, 0.3) is 0 Å². The van der Waals surface area contributed by atoms with Crippen molar-refractivity contribution in [2.75, 3.05) is 17.3 Å². The number of carbonyl (C=O) groups is 1. The molecule has 0 N–H and O–H groups in total. The molecule has 9 heteroatoms. The van der Waals surface area contributed by atoms with Crippen molar-refractivity contribution >= 4 is 27.5 Å². The molecule has 1 aliphatic heterocycles. The van der Waals surface area contributed by atoms with Crippen LogP contribution in [0, 0.1) is 0 Å². The average molecular weight is 447 g/mol. The van der Waals surface area contributed by atoms with E-state index in [9.17, 15) is 13.2 Å². The summed E-state index contributed by atoms with van der Waals surface area (Å²) in [7, 11) is -3.07. The van der Waals surface area contributed by atoms with Crippen molar-refractivity contribution in [1.29, 1.82) is 0 Å². The van der Waals surface area contributed by atoms with Crippen molar-refractivity contribution in [1.82, 2.24) is 19.7 Å². The summed E-state index contributed by atoms with van der Waals surface area (Å²) in [5, 5.41) is 9.62. The minimum atomic E-state index is -3.07. The van der Waals surface area contributed by atoms with Crippen LogP contribution in [0.5, 0.6) is 0 Å². The molecule has 0 bridgehead atoms. The molecule has 2 aromatic rings. The Labute approximate surface area is 181 Å². The first-order valence-electron chi connectivity index (χ1n) is 10.6. The fourth-order valence-corrected chi connectivity index (χ4v) is 6.74. The lowest BCUT2D eigenvalue weighted by Gasteiger charge is -2.28. The molecule has 3 fully saturated rings. The Morgan fingerprint density at radius 1 is 1.10 bits per heavy atom. The van der Waals surface area contributed by atoms with Crippen LogP contribution in [0.15, 0.2) is 35.5 Å². The molecule has 2 heterocycles. The molecule has 160 valence electrons. The van der Waals surface area contributed by atoms with E-state index in [-0.39, 0.29) is 29.2 Å². The van der Waals surface area contributed by atoms with E-state index < -0.39 is 9.84 Å². The summed E-state index contributed by atoms with van der Waals surface area (Å²) in [6, 6.07) is 9.99. The largest absolute Gasteiger partial charge is 0.334 e. The molecule has 5 rings (SSSR count). The summed E-state index contributed by atoms with van der Waals surface area (Å²) >= 11 is 1.44. The van der Waals surface area contributed by atoms with Crippen LogP contribution in [-0.2, 0) is 21.2 Å². The van der Waals surface area contributed by atoms with Crippen LogP contribution in [0.2, 0.25) is 0 Å². The zero-order chi connectivity index (χ0) is 20.7. The predicted octanol–water partition coefficient (Wildman–Crippen LogP) is 2.80. The number of hydrogen-bond donors (Lipinski definition) is 0. The Hall–Kier alpha value is -1.87. The summed E-state index contributed by atoms with van der Waals surface area (Å²) in [6.45, 7) is 0.434. The quantitative estimate of drug-likeness (QED) is 0.580. The fourth-order valence-electron chi connectivity index (χ4n) is 4.11. The number of amides is 1. The first kappa shape index (κ1) is 20.1. The molecule has 1 aromatic carbocycles. The van der Waals surface area contributed by atoms with Gasteiger partial charge in [-0.05, 0) is 37.7 Å². The van der Waals surface area contributed by atoms with Gasteiger partial charge in [-0.1, -0.05) is 42.1 Å². The van der Waals surface area contributed by atoms with Crippen LogP contribution in [0.25, 0.3) is 0 Å². The second-order valence-electron chi connectivity index (χ2n) is 8.57. The third-order valence-corrected chi connectivity index (χ3v) is 8.71. The molecule has 1 saturated heterocycles. The molecule has 2 saturated carbocycles. The van der Waals surface area contributed by atoms with E-state index in [0.29, 0.717) is 24.9 Å². The van der Waals surface area contributed by atoms with E-state index in [1.54, 1.807) is 4.90 Å². The van der Waals surface area contributed by atoms with Gasteiger partial charge in [0.2, 0.25) is 5.91 Å². The third-order valence-electron chi connectivity index (χ3n) is 6.04. The fraction of sp³-hybridized carbons (Fsp3) is 0.571. The molecule has 0 spiro atoms.